The fourth-order valence-corrected chi connectivity index (χ4v) is 7.51. The summed E-state index contributed by atoms with van der Waals surface area (Å²) in [5, 5.41) is 3.55. The van der Waals surface area contributed by atoms with Crippen LogP contribution in [0.2, 0.25) is 5.02 Å². The average molecular weight is 648 g/mol. The largest absolute Gasteiger partial charge is 0.496 e. The summed E-state index contributed by atoms with van der Waals surface area (Å²) in [4.78, 5) is 33.3. The molecule has 2 aromatic heterocycles. The third-order valence-electron chi connectivity index (χ3n) is 8.35. The summed E-state index contributed by atoms with van der Waals surface area (Å²) in [6.07, 6.45) is 3.96. The summed E-state index contributed by atoms with van der Waals surface area (Å²) in [5.74, 6) is 0.0538. The van der Waals surface area contributed by atoms with Crippen LogP contribution in [0.1, 0.15) is 36.6 Å². The van der Waals surface area contributed by atoms with Crippen LogP contribution in [0.5, 0.6) is 5.75 Å². The summed E-state index contributed by atoms with van der Waals surface area (Å²) in [7, 11) is 1.59. The molecule has 0 amide bonds. The summed E-state index contributed by atoms with van der Waals surface area (Å²) in [6.45, 7) is 4.32. The van der Waals surface area contributed by atoms with Crippen molar-refractivity contribution in [2.45, 2.75) is 26.4 Å². The second-order valence-corrected chi connectivity index (χ2v) is 12.4. The average Bonchev–Trinajstić information content (AvgIpc) is 3.56. The highest BCUT2D eigenvalue weighted by Gasteiger charge is 2.36. The Morgan fingerprint density at radius 1 is 1.00 bits per heavy atom. The predicted molar refractivity (Wildman–Crippen MR) is 183 cm³/mol. The van der Waals surface area contributed by atoms with Crippen LogP contribution in [0, 0.1) is 0 Å². The molecule has 0 saturated heterocycles. The molecule has 6 aromatic rings. The lowest BCUT2D eigenvalue weighted by Gasteiger charge is -2.27. The van der Waals surface area contributed by atoms with Crippen molar-refractivity contribution in [3.63, 3.8) is 0 Å². The van der Waals surface area contributed by atoms with Gasteiger partial charge in [-0.15, -0.1) is 0 Å². The zero-order valence-corrected chi connectivity index (χ0v) is 27.1. The van der Waals surface area contributed by atoms with Crippen LogP contribution in [-0.4, -0.2) is 28.8 Å². The van der Waals surface area contributed by atoms with Crippen LogP contribution >= 0.6 is 22.9 Å². The number of rotatable bonds is 7. The van der Waals surface area contributed by atoms with Crippen LogP contribution in [0.4, 0.5) is 0 Å². The summed E-state index contributed by atoms with van der Waals surface area (Å²) in [6, 6.07) is 26.8. The number of nitrogens with zero attached hydrogens (tertiary/aromatic N) is 3. The summed E-state index contributed by atoms with van der Waals surface area (Å²) in [5.41, 5.74) is 4.20. The molecular formula is C37H30ClN3O4S. The number of carbonyl (C=O) groups is 1. The van der Waals surface area contributed by atoms with E-state index in [1.54, 1.807) is 25.5 Å². The molecule has 0 spiro atoms. The van der Waals surface area contributed by atoms with Gasteiger partial charge in [-0.3, -0.25) is 9.36 Å². The summed E-state index contributed by atoms with van der Waals surface area (Å²) < 4.78 is 15.6. The van der Waals surface area contributed by atoms with E-state index in [2.05, 4.69) is 10.6 Å². The molecule has 1 aliphatic heterocycles. The topological polar surface area (TPSA) is 74.8 Å². The van der Waals surface area contributed by atoms with E-state index >= 15 is 0 Å². The Bertz CT molecular complexity index is 2380. The van der Waals surface area contributed by atoms with E-state index in [0.29, 0.717) is 43.5 Å². The Hall–Kier alpha value is -4.92. The minimum Gasteiger partial charge on any atom is -0.496 e. The van der Waals surface area contributed by atoms with Crippen molar-refractivity contribution in [2.75, 3.05) is 13.7 Å². The highest BCUT2D eigenvalue weighted by atomic mass is 35.5. The van der Waals surface area contributed by atoms with E-state index in [9.17, 15) is 9.59 Å². The smallest absolute Gasteiger partial charge is 0.338 e. The molecule has 4 aromatic carbocycles. The van der Waals surface area contributed by atoms with E-state index < -0.39 is 12.0 Å². The van der Waals surface area contributed by atoms with Gasteiger partial charge in [0.15, 0.2) is 4.80 Å². The Balaban J connectivity index is 1.46. The van der Waals surface area contributed by atoms with Gasteiger partial charge in [-0.05, 0) is 54.5 Å². The molecule has 0 aliphatic carbocycles. The number of benzene rings is 4. The number of allylic oxidation sites excluding steroid dienone is 1. The molecule has 230 valence electrons. The normalized spacial score (nSPS) is 14.9. The molecule has 3 heterocycles. The lowest BCUT2D eigenvalue weighted by Crippen LogP contribution is -2.40. The maximum Gasteiger partial charge on any atom is 0.338 e. The molecule has 0 radical (unpaired) electrons. The van der Waals surface area contributed by atoms with Gasteiger partial charge < -0.3 is 14.0 Å². The van der Waals surface area contributed by atoms with Crippen LogP contribution < -0.4 is 19.6 Å². The Kier molecular flexibility index (Phi) is 7.84. The van der Waals surface area contributed by atoms with Gasteiger partial charge in [0, 0.05) is 39.8 Å². The standard InChI is InChI=1S/C37H30ClN3O4S/c1-4-45-36(43)32-22(2)39-37-41(34(32)33-27-14-7-5-11-23(27)17-18-30(33)44-3)35(42)31(46-37)19-25-21-40(29-16-10-8-13-26(25)29)20-24-12-6-9-15-28(24)38/h5-19,21,34H,4,20H2,1-3H3/b31-19+/t34-/m0/s1. The molecule has 1 aliphatic rings. The monoisotopic (exact) mass is 647 g/mol. The van der Waals surface area contributed by atoms with Crippen LogP contribution in [-0.2, 0) is 16.1 Å². The van der Waals surface area contributed by atoms with Gasteiger partial charge in [0.25, 0.3) is 5.56 Å². The number of aromatic nitrogens is 2. The van der Waals surface area contributed by atoms with Crippen molar-refractivity contribution in [1.82, 2.24) is 9.13 Å². The van der Waals surface area contributed by atoms with Gasteiger partial charge in [0.2, 0.25) is 0 Å². The van der Waals surface area contributed by atoms with Crippen LogP contribution in [0.3, 0.4) is 0 Å². The number of methoxy groups -OCH3 is 1. The molecular weight excluding hydrogens is 618 g/mol. The number of esters is 1. The van der Waals surface area contributed by atoms with Crippen molar-refractivity contribution in [2.24, 2.45) is 4.99 Å². The Labute approximate surface area is 273 Å². The maximum atomic E-state index is 14.5. The molecule has 0 fully saturated rings. The highest BCUT2D eigenvalue weighted by molar-refractivity contribution is 7.07. The van der Waals surface area contributed by atoms with Crippen LogP contribution in [0.15, 0.2) is 112 Å². The van der Waals surface area contributed by atoms with Gasteiger partial charge in [-0.25, -0.2) is 9.79 Å². The number of ether oxygens (including phenoxy) is 2. The molecule has 0 unspecified atom stereocenters. The first-order chi connectivity index (χ1) is 22.4. The number of thiazole rings is 1. The number of carbonyl (C=O) groups excluding carboxylic acids is 1. The quantitative estimate of drug-likeness (QED) is 0.183. The number of hydrogen-bond acceptors (Lipinski definition) is 6. The fraction of sp³-hybridized carbons (Fsp3) is 0.162. The zero-order chi connectivity index (χ0) is 31.9. The number of fused-ring (bicyclic) bond motifs is 3. The van der Waals surface area contributed by atoms with Crippen molar-refractivity contribution in [3.05, 3.63) is 144 Å². The van der Waals surface area contributed by atoms with E-state index in [-0.39, 0.29) is 12.2 Å². The van der Waals surface area contributed by atoms with Crippen molar-refractivity contribution in [1.29, 1.82) is 0 Å². The van der Waals surface area contributed by atoms with Gasteiger partial charge in [-0.1, -0.05) is 89.7 Å². The number of hydrogen-bond donors (Lipinski definition) is 0. The molecule has 7 nitrogen and oxygen atoms in total. The lowest BCUT2D eigenvalue weighted by atomic mass is 9.90. The molecule has 9 heteroatoms. The molecule has 0 N–H and O–H groups in total. The van der Waals surface area contributed by atoms with Gasteiger partial charge in [0.05, 0.1) is 29.5 Å². The predicted octanol–water partition coefficient (Wildman–Crippen LogP) is 6.62. The lowest BCUT2D eigenvalue weighted by molar-refractivity contribution is -0.139. The maximum absolute atomic E-state index is 14.5. The minimum absolute atomic E-state index is 0.192. The molecule has 7 rings (SSSR count). The van der Waals surface area contributed by atoms with E-state index in [0.717, 1.165) is 32.8 Å². The minimum atomic E-state index is -0.805. The summed E-state index contributed by atoms with van der Waals surface area (Å²) >= 11 is 7.81. The molecule has 0 bridgehead atoms. The van der Waals surface area contributed by atoms with Crippen molar-refractivity contribution < 1.29 is 14.3 Å². The van der Waals surface area contributed by atoms with Gasteiger partial charge >= 0.3 is 5.97 Å². The number of para-hydroxylation sites is 1. The third kappa shape index (κ3) is 5.04. The first kappa shape index (κ1) is 29.8. The number of halogens is 1. The van der Waals surface area contributed by atoms with E-state index in [4.69, 9.17) is 26.1 Å². The van der Waals surface area contributed by atoms with E-state index in [1.807, 2.05) is 91.1 Å². The fourth-order valence-electron chi connectivity index (χ4n) is 6.27. The van der Waals surface area contributed by atoms with Crippen molar-refractivity contribution >= 4 is 56.7 Å². The second kappa shape index (κ2) is 12.1. The highest BCUT2D eigenvalue weighted by Crippen LogP contribution is 2.40. The Morgan fingerprint density at radius 2 is 1.74 bits per heavy atom. The van der Waals surface area contributed by atoms with Gasteiger partial charge in [0.1, 0.15) is 11.8 Å². The van der Waals surface area contributed by atoms with Gasteiger partial charge in [-0.2, -0.15) is 0 Å². The van der Waals surface area contributed by atoms with Crippen molar-refractivity contribution in [3.8, 4) is 5.75 Å². The molecule has 1 atom stereocenters. The molecule has 0 saturated carbocycles. The third-order valence-corrected chi connectivity index (χ3v) is 9.70. The Morgan fingerprint density at radius 3 is 2.52 bits per heavy atom. The first-order valence-corrected chi connectivity index (χ1v) is 16.2. The van der Waals surface area contributed by atoms with Crippen LogP contribution in [0.25, 0.3) is 27.8 Å². The second-order valence-electron chi connectivity index (χ2n) is 11.0. The molecule has 46 heavy (non-hydrogen) atoms. The zero-order valence-electron chi connectivity index (χ0n) is 25.5. The first-order valence-electron chi connectivity index (χ1n) is 15.0. The van der Waals surface area contributed by atoms with E-state index in [1.165, 1.54) is 11.3 Å². The SMILES string of the molecule is CCOC(=O)C1=C(C)N=c2s/c(=C/c3cn(Cc4ccccc4Cl)c4ccccc34)c(=O)n2[C@@H]1c1c(OC)ccc2ccccc12.